The molecule has 19 heavy (non-hydrogen) atoms. The molecule has 1 aliphatic carbocycles. The zero-order chi connectivity index (χ0) is 13.8. The molecule has 0 unspecified atom stereocenters. The molecule has 0 aliphatic heterocycles. The van der Waals surface area contributed by atoms with Crippen LogP contribution in [0.25, 0.3) is 0 Å². The van der Waals surface area contributed by atoms with Crippen LogP contribution < -0.4 is 15.8 Å². The summed E-state index contributed by atoms with van der Waals surface area (Å²) < 4.78 is 6.48. The fourth-order valence-corrected chi connectivity index (χ4v) is 2.12. The SMILES string of the molecule is C[C@H](N)c1ccc(Br)cc1OCC(=O)NCC1CC1. The minimum absolute atomic E-state index is 0.0306. The van der Waals surface area contributed by atoms with Gasteiger partial charge in [0.1, 0.15) is 5.75 Å². The quantitative estimate of drug-likeness (QED) is 0.843. The first kappa shape index (κ1) is 14.3. The Hall–Kier alpha value is -1.07. The molecule has 0 aromatic heterocycles. The van der Waals surface area contributed by atoms with E-state index in [1.54, 1.807) is 0 Å². The van der Waals surface area contributed by atoms with Gasteiger partial charge in [0.2, 0.25) is 0 Å². The van der Waals surface area contributed by atoms with Crippen LogP contribution in [0.4, 0.5) is 0 Å². The lowest BCUT2D eigenvalue weighted by Crippen LogP contribution is -2.30. The van der Waals surface area contributed by atoms with Crippen molar-refractivity contribution in [1.29, 1.82) is 0 Å². The number of rotatable bonds is 6. The van der Waals surface area contributed by atoms with E-state index < -0.39 is 0 Å². The van der Waals surface area contributed by atoms with E-state index in [9.17, 15) is 4.79 Å². The van der Waals surface area contributed by atoms with Crippen LogP contribution in [0.1, 0.15) is 31.4 Å². The van der Waals surface area contributed by atoms with Crippen LogP contribution in [0.3, 0.4) is 0 Å². The summed E-state index contributed by atoms with van der Waals surface area (Å²) in [6.45, 7) is 2.69. The van der Waals surface area contributed by atoms with Crippen molar-refractivity contribution in [3.8, 4) is 5.75 Å². The van der Waals surface area contributed by atoms with E-state index >= 15 is 0 Å². The third kappa shape index (κ3) is 4.51. The maximum absolute atomic E-state index is 11.6. The van der Waals surface area contributed by atoms with E-state index in [4.69, 9.17) is 10.5 Å². The van der Waals surface area contributed by atoms with Gasteiger partial charge in [0.15, 0.2) is 6.61 Å². The van der Waals surface area contributed by atoms with Crippen LogP contribution in [0.15, 0.2) is 22.7 Å². The maximum atomic E-state index is 11.6. The molecule has 2 rings (SSSR count). The normalized spacial score (nSPS) is 15.9. The largest absolute Gasteiger partial charge is 0.483 e. The van der Waals surface area contributed by atoms with Gasteiger partial charge in [-0.1, -0.05) is 22.0 Å². The molecule has 1 aromatic carbocycles. The van der Waals surface area contributed by atoms with Crippen LogP contribution in [-0.2, 0) is 4.79 Å². The maximum Gasteiger partial charge on any atom is 0.257 e. The number of nitrogens with one attached hydrogen (secondary N) is 1. The first-order chi connectivity index (χ1) is 9.06. The van der Waals surface area contributed by atoms with Gasteiger partial charge in [0.25, 0.3) is 5.91 Å². The first-order valence-electron chi connectivity index (χ1n) is 6.51. The summed E-state index contributed by atoms with van der Waals surface area (Å²) in [6.07, 6.45) is 2.45. The molecule has 1 amide bonds. The Balaban J connectivity index is 1.89. The minimum atomic E-state index is -0.127. The molecule has 0 spiro atoms. The molecule has 1 aromatic rings. The molecule has 3 N–H and O–H groups in total. The van der Waals surface area contributed by atoms with Crippen LogP contribution in [0, 0.1) is 5.92 Å². The summed E-state index contributed by atoms with van der Waals surface area (Å²) in [5.41, 5.74) is 6.78. The highest BCUT2D eigenvalue weighted by Gasteiger charge is 2.21. The van der Waals surface area contributed by atoms with E-state index in [0.717, 1.165) is 16.6 Å². The summed E-state index contributed by atoms with van der Waals surface area (Å²) in [6, 6.07) is 5.54. The number of nitrogens with two attached hydrogens (primary N) is 1. The predicted molar refractivity (Wildman–Crippen MR) is 78.0 cm³/mol. The Bertz CT molecular complexity index is 459. The van der Waals surface area contributed by atoms with Gasteiger partial charge in [0.05, 0.1) is 0 Å². The number of ether oxygens (including phenoxy) is 1. The third-order valence-corrected chi connectivity index (χ3v) is 3.60. The monoisotopic (exact) mass is 326 g/mol. The molecular formula is C14H19BrN2O2. The Labute approximate surface area is 121 Å². The second kappa shape index (κ2) is 6.39. The van der Waals surface area contributed by atoms with Crippen LogP contribution in [0.5, 0.6) is 5.75 Å². The second-order valence-electron chi connectivity index (χ2n) is 5.01. The minimum Gasteiger partial charge on any atom is -0.483 e. The third-order valence-electron chi connectivity index (χ3n) is 3.11. The molecule has 1 saturated carbocycles. The van der Waals surface area contributed by atoms with Gasteiger partial charge in [-0.05, 0) is 37.8 Å². The molecule has 1 fully saturated rings. The molecule has 0 heterocycles. The highest BCUT2D eigenvalue weighted by atomic mass is 79.9. The average Bonchev–Trinajstić information content (AvgIpc) is 3.17. The molecule has 0 saturated heterocycles. The van der Waals surface area contributed by atoms with Gasteiger partial charge < -0.3 is 15.8 Å². The fraction of sp³-hybridized carbons (Fsp3) is 0.500. The van der Waals surface area contributed by atoms with Crippen molar-refractivity contribution in [1.82, 2.24) is 5.32 Å². The van der Waals surface area contributed by atoms with E-state index in [2.05, 4.69) is 21.2 Å². The molecule has 0 radical (unpaired) electrons. The van der Waals surface area contributed by atoms with E-state index in [-0.39, 0.29) is 18.6 Å². The van der Waals surface area contributed by atoms with Crippen LogP contribution in [-0.4, -0.2) is 19.1 Å². The topological polar surface area (TPSA) is 64.3 Å². The van der Waals surface area contributed by atoms with Crippen molar-refractivity contribution in [2.75, 3.05) is 13.2 Å². The smallest absolute Gasteiger partial charge is 0.257 e. The van der Waals surface area contributed by atoms with Crippen molar-refractivity contribution in [2.45, 2.75) is 25.8 Å². The van der Waals surface area contributed by atoms with Crippen molar-refractivity contribution in [3.63, 3.8) is 0 Å². The van der Waals surface area contributed by atoms with Crippen molar-refractivity contribution < 1.29 is 9.53 Å². The zero-order valence-electron chi connectivity index (χ0n) is 11.0. The summed E-state index contributed by atoms with van der Waals surface area (Å²) in [5.74, 6) is 1.25. The number of hydrogen-bond donors (Lipinski definition) is 2. The van der Waals surface area contributed by atoms with E-state index in [0.29, 0.717) is 11.7 Å². The molecule has 1 aliphatic rings. The number of halogens is 1. The van der Waals surface area contributed by atoms with Crippen molar-refractivity contribution >= 4 is 21.8 Å². The summed E-state index contributed by atoms with van der Waals surface area (Å²) in [4.78, 5) is 11.6. The molecular weight excluding hydrogens is 308 g/mol. The number of amides is 1. The Morgan fingerprint density at radius 3 is 2.95 bits per heavy atom. The average molecular weight is 327 g/mol. The molecule has 104 valence electrons. The molecule has 5 heteroatoms. The lowest BCUT2D eigenvalue weighted by Gasteiger charge is -2.14. The Morgan fingerprint density at radius 2 is 2.32 bits per heavy atom. The predicted octanol–water partition coefficient (Wildman–Crippen LogP) is 2.37. The Morgan fingerprint density at radius 1 is 1.58 bits per heavy atom. The molecule has 0 bridgehead atoms. The highest BCUT2D eigenvalue weighted by Crippen LogP contribution is 2.28. The zero-order valence-corrected chi connectivity index (χ0v) is 12.6. The van der Waals surface area contributed by atoms with Gasteiger partial charge >= 0.3 is 0 Å². The Kier molecular flexibility index (Phi) is 4.82. The summed E-state index contributed by atoms with van der Waals surface area (Å²) >= 11 is 3.39. The number of benzene rings is 1. The number of carbonyl (C=O) groups excluding carboxylic acids is 1. The van der Waals surface area contributed by atoms with E-state index in [1.165, 1.54) is 12.8 Å². The first-order valence-corrected chi connectivity index (χ1v) is 7.30. The molecule has 1 atom stereocenters. The van der Waals surface area contributed by atoms with Gasteiger partial charge in [-0.3, -0.25) is 4.79 Å². The standard InChI is InChI=1S/C14H19BrN2O2/c1-9(16)12-5-4-11(15)6-13(12)19-8-14(18)17-7-10-2-3-10/h4-6,9-10H,2-3,7-8,16H2,1H3,(H,17,18)/t9-/m0/s1. The van der Waals surface area contributed by atoms with Crippen molar-refractivity contribution in [2.24, 2.45) is 11.7 Å². The van der Waals surface area contributed by atoms with Crippen LogP contribution in [0.2, 0.25) is 0 Å². The number of carbonyl (C=O) groups is 1. The second-order valence-corrected chi connectivity index (χ2v) is 5.92. The highest BCUT2D eigenvalue weighted by molar-refractivity contribution is 9.10. The van der Waals surface area contributed by atoms with Crippen LogP contribution >= 0.6 is 15.9 Å². The summed E-state index contributed by atoms with van der Waals surface area (Å²) in [7, 11) is 0. The van der Waals surface area contributed by atoms with Gasteiger partial charge in [-0.2, -0.15) is 0 Å². The lowest BCUT2D eigenvalue weighted by atomic mass is 10.1. The van der Waals surface area contributed by atoms with E-state index in [1.807, 2.05) is 25.1 Å². The van der Waals surface area contributed by atoms with Crippen molar-refractivity contribution in [3.05, 3.63) is 28.2 Å². The lowest BCUT2D eigenvalue weighted by molar-refractivity contribution is -0.123. The van der Waals surface area contributed by atoms with Gasteiger partial charge in [0, 0.05) is 22.6 Å². The van der Waals surface area contributed by atoms with Gasteiger partial charge in [-0.15, -0.1) is 0 Å². The fourth-order valence-electron chi connectivity index (χ4n) is 1.78. The number of hydrogen-bond acceptors (Lipinski definition) is 3. The molecule has 4 nitrogen and oxygen atoms in total. The summed E-state index contributed by atoms with van der Waals surface area (Å²) in [5, 5.41) is 2.87. The van der Waals surface area contributed by atoms with Gasteiger partial charge in [-0.25, -0.2) is 0 Å².